The fraction of sp³-hybridized carbons (Fsp3) is 0.579. The molecule has 1 aromatic carbocycles. The molecular weight excluding hydrogens is 318 g/mol. The largest absolute Gasteiger partial charge is 0.376 e. The van der Waals surface area contributed by atoms with Gasteiger partial charge in [-0.25, -0.2) is 4.79 Å². The number of hydrogen-bond donors (Lipinski definition) is 2. The summed E-state index contributed by atoms with van der Waals surface area (Å²) in [6.07, 6.45) is 2.55. The summed E-state index contributed by atoms with van der Waals surface area (Å²) in [5, 5.41) is 5.75. The van der Waals surface area contributed by atoms with E-state index in [1.807, 2.05) is 38.1 Å². The van der Waals surface area contributed by atoms with Crippen LogP contribution in [0.5, 0.6) is 0 Å². The van der Waals surface area contributed by atoms with Crippen molar-refractivity contribution < 1.29 is 14.3 Å². The smallest absolute Gasteiger partial charge is 0.322 e. The standard InChI is InChI=1S/C19H27N3O3/c1-13(2)17-18(23)20-8-9-22(17)19(24)21-16-5-3-4-15(10-16)12-25-11-14-6-7-14/h3-5,10,13-14,17H,6-9,11-12H2,1-2H3,(H,20,23)(H,21,24)/t17-/m0/s1. The van der Waals surface area contributed by atoms with E-state index in [-0.39, 0.29) is 17.9 Å². The van der Waals surface area contributed by atoms with Gasteiger partial charge in [0.05, 0.1) is 6.61 Å². The Kier molecular flexibility index (Phi) is 5.58. The molecule has 2 N–H and O–H groups in total. The lowest BCUT2D eigenvalue weighted by Gasteiger charge is -2.37. The van der Waals surface area contributed by atoms with Gasteiger partial charge in [-0.3, -0.25) is 4.79 Å². The first-order valence-corrected chi connectivity index (χ1v) is 9.06. The Bertz CT molecular complexity index is 628. The molecule has 0 bridgehead atoms. The zero-order valence-electron chi connectivity index (χ0n) is 15.0. The van der Waals surface area contributed by atoms with Gasteiger partial charge in [0.1, 0.15) is 6.04 Å². The molecule has 1 atom stereocenters. The van der Waals surface area contributed by atoms with Crippen LogP contribution in [0.15, 0.2) is 24.3 Å². The Labute approximate surface area is 148 Å². The van der Waals surface area contributed by atoms with Gasteiger partial charge in [-0.15, -0.1) is 0 Å². The van der Waals surface area contributed by atoms with E-state index in [0.29, 0.717) is 19.7 Å². The summed E-state index contributed by atoms with van der Waals surface area (Å²) in [6, 6.07) is 7.03. The van der Waals surface area contributed by atoms with Gasteiger partial charge in [0.15, 0.2) is 0 Å². The van der Waals surface area contributed by atoms with Crippen molar-refractivity contribution in [3.63, 3.8) is 0 Å². The summed E-state index contributed by atoms with van der Waals surface area (Å²) in [6.45, 7) is 6.28. The summed E-state index contributed by atoms with van der Waals surface area (Å²) >= 11 is 0. The number of nitrogens with zero attached hydrogens (tertiary/aromatic N) is 1. The summed E-state index contributed by atoms with van der Waals surface area (Å²) in [5.74, 6) is 0.716. The molecule has 25 heavy (non-hydrogen) atoms. The molecule has 1 saturated carbocycles. The first kappa shape index (κ1) is 17.7. The highest BCUT2D eigenvalue weighted by atomic mass is 16.5. The quantitative estimate of drug-likeness (QED) is 0.832. The average molecular weight is 345 g/mol. The predicted molar refractivity (Wildman–Crippen MR) is 96.2 cm³/mol. The van der Waals surface area contributed by atoms with Crippen LogP contribution in [-0.2, 0) is 16.1 Å². The Hall–Kier alpha value is -2.08. The first-order valence-electron chi connectivity index (χ1n) is 9.06. The maximum atomic E-state index is 12.7. The van der Waals surface area contributed by atoms with E-state index in [4.69, 9.17) is 4.74 Å². The third-order valence-electron chi connectivity index (χ3n) is 4.65. The zero-order chi connectivity index (χ0) is 17.8. The number of carbonyl (C=O) groups is 2. The van der Waals surface area contributed by atoms with Gasteiger partial charge in [0.25, 0.3) is 0 Å². The number of urea groups is 1. The van der Waals surface area contributed by atoms with Crippen LogP contribution in [0.4, 0.5) is 10.5 Å². The van der Waals surface area contributed by atoms with Crippen molar-refractivity contribution in [1.29, 1.82) is 0 Å². The van der Waals surface area contributed by atoms with Gasteiger partial charge in [-0.2, -0.15) is 0 Å². The normalized spacial score (nSPS) is 20.5. The Balaban J connectivity index is 1.60. The monoisotopic (exact) mass is 345 g/mol. The second kappa shape index (κ2) is 7.87. The molecule has 6 nitrogen and oxygen atoms in total. The van der Waals surface area contributed by atoms with E-state index in [0.717, 1.165) is 23.8 Å². The highest BCUT2D eigenvalue weighted by molar-refractivity contribution is 5.94. The lowest BCUT2D eigenvalue weighted by molar-refractivity contribution is -0.129. The van der Waals surface area contributed by atoms with Crippen molar-refractivity contribution in [3.05, 3.63) is 29.8 Å². The molecule has 136 valence electrons. The molecule has 0 radical (unpaired) electrons. The van der Waals surface area contributed by atoms with Gasteiger partial charge in [0.2, 0.25) is 5.91 Å². The van der Waals surface area contributed by atoms with Crippen LogP contribution in [0.1, 0.15) is 32.3 Å². The minimum absolute atomic E-state index is 0.0632. The van der Waals surface area contributed by atoms with Crippen molar-refractivity contribution in [2.24, 2.45) is 11.8 Å². The number of nitrogens with one attached hydrogen (secondary N) is 2. The molecule has 1 heterocycles. The lowest BCUT2D eigenvalue weighted by Crippen LogP contribution is -2.60. The maximum Gasteiger partial charge on any atom is 0.322 e. The number of anilines is 1. The van der Waals surface area contributed by atoms with Crippen molar-refractivity contribution in [1.82, 2.24) is 10.2 Å². The molecule has 6 heteroatoms. The van der Waals surface area contributed by atoms with Gasteiger partial charge in [-0.1, -0.05) is 26.0 Å². The lowest BCUT2D eigenvalue weighted by atomic mass is 10.00. The molecule has 3 amide bonds. The molecule has 1 aliphatic carbocycles. The molecule has 2 aliphatic rings. The van der Waals surface area contributed by atoms with E-state index in [1.165, 1.54) is 12.8 Å². The minimum Gasteiger partial charge on any atom is -0.376 e. The number of carbonyl (C=O) groups excluding carboxylic acids is 2. The van der Waals surface area contributed by atoms with E-state index in [9.17, 15) is 9.59 Å². The number of ether oxygens (including phenoxy) is 1. The molecule has 1 aliphatic heterocycles. The Morgan fingerprint density at radius 2 is 2.20 bits per heavy atom. The first-order chi connectivity index (χ1) is 12.0. The maximum absolute atomic E-state index is 12.7. The van der Waals surface area contributed by atoms with Crippen LogP contribution in [0, 0.1) is 11.8 Å². The fourth-order valence-electron chi connectivity index (χ4n) is 3.14. The van der Waals surface area contributed by atoms with Gasteiger partial charge in [0, 0.05) is 25.4 Å². The molecule has 1 saturated heterocycles. The van der Waals surface area contributed by atoms with Crippen LogP contribution in [0.25, 0.3) is 0 Å². The van der Waals surface area contributed by atoms with Crippen LogP contribution >= 0.6 is 0 Å². The summed E-state index contributed by atoms with van der Waals surface area (Å²) in [7, 11) is 0. The topological polar surface area (TPSA) is 70.7 Å². The van der Waals surface area contributed by atoms with Crippen LogP contribution in [0.3, 0.4) is 0 Å². The van der Waals surface area contributed by atoms with Crippen molar-refractivity contribution in [2.45, 2.75) is 39.3 Å². The predicted octanol–water partition coefficient (Wildman–Crippen LogP) is 2.60. The highest BCUT2D eigenvalue weighted by Crippen LogP contribution is 2.29. The van der Waals surface area contributed by atoms with Gasteiger partial charge in [-0.05, 0) is 42.4 Å². The minimum atomic E-state index is -0.432. The van der Waals surface area contributed by atoms with Crippen molar-refractivity contribution in [3.8, 4) is 0 Å². The van der Waals surface area contributed by atoms with E-state index in [2.05, 4.69) is 10.6 Å². The highest BCUT2D eigenvalue weighted by Gasteiger charge is 2.35. The molecule has 2 fully saturated rings. The number of amides is 3. The van der Waals surface area contributed by atoms with Crippen LogP contribution in [-0.4, -0.2) is 42.6 Å². The van der Waals surface area contributed by atoms with Gasteiger partial charge < -0.3 is 20.3 Å². The summed E-state index contributed by atoms with van der Waals surface area (Å²) < 4.78 is 5.71. The second-order valence-corrected chi connectivity index (χ2v) is 7.26. The number of hydrogen-bond acceptors (Lipinski definition) is 3. The molecule has 0 aromatic heterocycles. The van der Waals surface area contributed by atoms with Crippen LogP contribution < -0.4 is 10.6 Å². The zero-order valence-corrected chi connectivity index (χ0v) is 15.0. The third kappa shape index (κ3) is 4.72. The molecule has 3 rings (SSSR count). The second-order valence-electron chi connectivity index (χ2n) is 7.26. The Morgan fingerprint density at radius 1 is 1.40 bits per heavy atom. The number of piperazine rings is 1. The van der Waals surface area contributed by atoms with Crippen LogP contribution in [0.2, 0.25) is 0 Å². The fourth-order valence-corrected chi connectivity index (χ4v) is 3.14. The van der Waals surface area contributed by atoms with E-state index in [1.54, 1.807) is 4.90 Å². The average Bonchev–Trinajstić information content (AvgIpc) is 3.39. The Morgan fingerprint density at radius 3 is 2.92 bits per heavy atom. The molecule has 1 aromatic rings. The van der Waals surface area contributed by atoms with Gasteiger partial charge >= 0.3 is 6.03 Å². The molecule has 0 spiro atoms. The number of benzene rings is 1. The van der Waals surface area contributed by atoms with E-state index >= 15 is 0 Å². The van der Waals surface area contributed by atoms with Crippen molar-refractivity contribution >= 4 is 17.6 Å². The SMILES string of the molecule is CC(C)[C@H]1C(=O)NCCN1C(=O)Nc1cccc(COCC2CC2)c1. The summed E-state index contributed by atoms with van der Waals surface area (Å²) in [5.41, 5.74) is 1.77. The molecule has 0 unspecified atom stereocenters. The van der Waals surface area contributed by atoms with E-state index < -0.39 is 6.04 Å². The third-order valence-corrected chi connectivity index (χ3v) is 4.65. The molecular formula is C19H27N3O3. The number of rotatable bonds is 6. The summed E-state index contributed by atoms with van der Waals surface area (Å²) in [4.78, 5) is 26.4. The van der Waals surface area contributed by atoms with Crippen molar-refractivity contribution in [2.75, 3.05) is 25.0 Å².